The predicted octanol–water partition coefficient (Wildman–Crippen LogP) is 2.75. The lowest BCUT2D eigenvalue weighted by Gasteiger charge is -2.16. The second-order valence-corrected chi connectivity index (χ2v) is 4.54. The lowest BCUT2D eigenvalue weighted by Crippen LogP contribution is -2.37. The maximum Gasteiger partial charge on any atom is 0.242 e. The van der Waals surface area contributed by atoms with Crippen LogP contribution in [0, 0.1) is 0 Å². The molecule has 94 valence electrons. The Hall–Kier alpha value is -1.51. The summed E-state index contributed by atoms with van der Waals surface area (Å²) in [5.74, 6) is 0.527. The average Bonchev–Trinajstić information content (AvgIpc) is 2.29. The molecule has 1 rings (SSSR count). The molecule has 1 aromatic carbocycles. The topological polar surface area (TPSA) is 41.1 Å². The summed E-state index contributed by atoms with van der Waals surface area (Å²) in [7, 11) is 0. The number of anilines is 1. The number of nitrogens with one attached hydrogen (secondary N) is 2. The van der Waals surface area contributed by atoms with E-state index >= 15 is 0 Å². The van der Waals surface area contributed by atoms with Gasteiger partial charge in [0, 0.05) is 12.2 Å². The number of benzene rings is 1. The van der Waals surface area contributed by atoms with Crippen molar-refractivity contribution >= 4 is 11.6 Å². The minimum atomic E-state index is -0.211. The maximum atomic E-state index is 11.6. The molecule has 1 atom stereocenters. The zero-order chi connectivity index (χ0) is 12.8. The number of likely N-dealkylation sites (N-methyl/N-ethyl adjacent to an activating group) is 1. The van der Waals surface area contributed by atoms with Gasteiger partial charge in [0.2, 0.25) is 5.91 Å². The molecule has 17 heavy (non-hydrogen) atoms. The van der Waals surface area contributed by atoms with Gasteiger partial charge in [-0.15, -0.1) is 0 Å². The van der Waals surface area contributed by atoms with Crippen molar-refractivity contribution in [1.29, 1.82) is 0 Å². The summed E-state index contributed by atoms with van der Waals surface area (Å²) in [4.78, 5) is 11.6. The Morgan fingerprint density at radius 2 is 2.00 bits per heavy atom. The highest BCUT2D eigenvalue weighted by Gasteiger charge is 2.11. The van der Waals surface area contributed by atoms with Crippen LogP contribution in [-0.4, -0.2) is 18.5 Å². The van der Waals surface area contributed by atoms with Crippen LogP contribution in [0.1, 0.15) is 39.2 Å². The molecule has 3 heteroatoms. The molecule has 0 spiro atoms. The first-order chi connectivity index (χ1) is 8.04. The van der Waals surface area contributed by atoms with Gasteiger partial charge in [-0.3, -0.25) is 4.79 Å². The van der Waals surface area contributed by atoms with Gasteiger partial charge in [-0.25, -0.2) is 0 Å². The SMILES string of the molecule is CCNC(=O)C(C)Nc1cccc(C(C)C)c1. The average molecular weight is 234 g/mol. The number of rotatable bonds is 5. The second-order valence-electron chi connectivity index (χ2n) is 4.54. The minimum Gasteiger partial charge on any atom is -0.374 e. The molecule has 1 amide bonds. The number of amides is 1. The van der Waals surface area contributed by atoms with Crippen LogP contribution in [0.4, 0.5) is 5.69 Å². The van der Waals surface area contributed by atoms with Crippen LogP contribution < -0.4 is 10.6 Å². The Kier molecular flexibility index (Phi) is 5.01. The quantitative estimate of drug-likeness (QED) is 0.822. The lowest BCUT2D eigenvalue weighted by atomic mass is 10.0. The van der Waals surface area contributed by atoms with Crippen LogP contribution in [0.3, 0.4) is 0 Å². The Bertz CT molecular complexity index is 374. The zero-order valence-corrected chi connectivity index (χ0v) is 11.1. The van der Waals surface area contributed by atoms with Crippen molar-refractivity contribution in [3.63, 3.8) is 0 Å². The highest BCUT2D eigenvalue weighted by molar-refractivity contribution is 5.84. The molecular formula is C14H22N2O. The maximum absolute atomic E-state index is 11.6. The highest BCUT2D eigenvalue weighted by Crippen LogP contribution is 2.18. The Morgan fingerprint density at radius 3 is 2.59 bits per heavy atom. The largest absolute Gasteiger partial charge is 0.374 e. The smallest absolute Gasteiger partial charge is 0.242 e. The summed E-state index contributed by atoms with van der Waals surface area (Å²) in [6.45, 7) is 8.77. The highest BCUT2D eigenvalue weighted by atomic mass is 16.2. The molecule has 0 radical (unpaired) electrons. The summed E-state index contributed by atoms with van der Waals surface area (Å²) >= 11 is 0. The van der Waals surface area contributed by atoms with Gasteiger partial charge in [-0.1, -0.05) is 26.0 Å². The molecule has 0 bridgehead atoms. The van der Waals surface area contributed by atoms with E-state index in [1.165, 1.54) is 5.56 Å². The third-order valence-corrected chi connectivity index (χ3v) is 2.68. The van der Waals surface area contributed by atoms with Gasteiger partial charge in [0.25, 0.3) is 0 Å². The summed E-state index contributed by atoms with van der Waals surface area (Å²) in [5.41, 5.74) is 2.27. The molecule has 3 nitrogen and oxygen atoms in total. The third-order valence-electron chi connectivity index (χ3n) is 2.68. The molecule has 0 aliphatic heterocycles. The Labute approximate surface area is 104 Å². The van der Waals surface area contributed by atoms with E-state index in [1.807, 2.05) is 26.0 Å². The fourth-order valence-electron chi connectivity index (χ4n) is 1.63. The van der Waals surface area contributed by atoms with Gasteiger partial charge in [-0.2, -0.15) is 0 Å². The van der Waals surface area contributed by atoms with E-state index in [0.717, 1.165) is 5.69 Å². The Balaban J connectivity index is 2.68. The van der Waals surface area contributed by atoms with Crippen molar-refractivity contribution in [3.05, 3.63) is 29.8 Å². The van der Waals surface area contributed by atoms with Crippen LogP contribution in [0.5, 0.6) is 0 Å². The standard InChI is InChI=1S/C14H22N2O/c1-5-15-14(17)11(4)16-13-8-6-7-12(9-13)10(2)3/h6-11,16H,5H2,1-4H3,(H,15,17). The van der Waals surface area contributed by atoms with Crippen LogP contribution in [0.2, 0.25) is 0 Å². The van der Waals surface area contributed by atoms with E-state index in [4.69, 9.17) is 0 Å². The summed E-state index contributed by atoms with van der Waals surface area (Å²) in [6.07, 6.45) is 0. The van der Waals surface area contributed by atoms with Crippen molar-refractivity contribution < 1.29 is 4.79 Å². The molecule has 0 heterocycles. The molecule has 0 saturated carbocycles. The summed E-state index contributed by atoms with van der Waals surface area (Å²) in [6, 6.07) is 7.99. The molecule has 0 aliphatic rings. The van der Waals surface area contributed by atoms with Crippen molar-refractivity contribution in [3.8, 4) is 0 Å². The van der Waals surface area contributed by atoms with Crippen molar-refractivity contribution in [2.24, 2.45) is 0 Å². The van der Waals surface area contributed by atoms with E-state index < -0.39 is 0 Å². The monoisotopic (exact) mass is 234 g/mol. The number of carbonyl (C=O) groups is 1. The summed E-state index contributed by atoms with van der Waals surface area (Å²) in [5, 5.41) is 6.01. The van der Waals surface area contributed by atoms with Crippen LogP contribution in [-0.2, 0) is 4.79 Å². The fourth-order valence-corrected chi connectivity index (χ4v) is 1.63. The Morgan fingerprint density at radius 1 is 1.29 bits per heavy atom. The molecule has 1 unspecified atom stereocenters. The molecular weight excluding hydrogens is 212 g/mol. The van der Waals surface area contributed by atoms with E-state index in [-0.39, 0.29) is 11.9 Å². The van der Waals surface area contributed by atoms with Gasteiger partial charge < -0.3 is 10.6 Å². The van der Waals surface area contributed by atoms with Gasteiger partial charge >= 0.3 is 0 Å². The molecule has 0 fully saturated rings. The number of hydrogen-bond acceptors (Lipinski definition) is 2. The molecule has 0 aliphatic carbocycles. The van der Waals surface area contributed by atoms with Crippen molar-refractivity contribution in [2.45, 2.75) is 39.7 Å². The van der Waals surface area contributed by atoms with E-state index in [1.54, 1.807) is 0 Å². The molecule has 0 saturated heterocycles. The first-order valence-corrected chi connectivity index (χ1v) is 6.18. The van der Waals surface area contributed by atoms with Gasteiger partial charge in [-0.05, 0) is 37.5 Å². The first kappa shape index (κ1) is 13.6. The molecule has 2 N–H and O–H groups in total. The zero-order valence-electron chi connectivity index (χ0n) is 11.1. The molecule has 1 aromatic rings. The number of carbonyl (C=O) groups excluding carboxylic acids is 1. The molecule has 0 aromatic heterocycles. The number of hydrogen-bond donors (Lipinski definition) is 2. The third kappa shape index (κ3) is 4.10. The van der Waals surface area contributed by atoms with Gasteiger partial charge in [0.05, 0.1) is 0 Å². The second kappa shape index (κ2) is 6.28. The van der Waals surface area contributed by atoms with Crippen LogP contribution in [0.15, 0.2) is 24.3 Å². The predicted molar refractivity (Wildman–Crippen MR) is 72.3 cm³/mol. The fraction of sp³-hybridized carbons (Fsp3) is 0.500. The van der Waals surface area contributed by atoms with Gasteiger partial charge in [0.1, 0.15) is 6.04 Å². The minimum absolute atomic E-state index is 0.0300. The summed E-state index contributed by atoms with van der Waals surface area (Å²) < 4.78 is 0. The van der Waals surface area contributed by atoms with Crippen LogP contribution >= 0.6 is 0 Å². The first-order valence-electron chi connectivity index (χ1n) is 6.18. The van der Waals surface area contributed by atoms with E-state index in [2.05, 4.69) is 36.6 Å². The van der Waals surface area contributed by atoms with Gasteiger partial charge in [0.15, 0.2) is 0 Å². The lowest BCUT2D eigenvalue weighted by molar-refractivity contribution is -0.121. The van der Waals surface area contributed by atoms with E-state index in [9.17, 15) is 4.79 Å². The van der Waals surface area contributed by atoms with Crippen molar-refractivity contribution in [1.82, 2.24) is 5.32 Å². The normalized spacial score (nSPS) is 12.3. The van der Waals surface area contributed by atoms with E-state index in [0.29, 0.717) is 12.5 Å². The van der Waals surface area contributed by atoms with Crippen molar-refractivity contribution in [2.75, 3.05) is 11.9 Å². The van der Waals surface area contributed by atoms with Crippen LogP contribution in [0.25, 0.3) is 0 Å².